The van der Waals surface area contributed by atoms with E-state index in [4.69, 9.17) is 0 Å². The number of sulfonamides is 1. The SMILES string of the molecule is CS(=O)(=O)N(CC(=O)Nc1ccc(Br)cc1F)c1ccc(F)cc1F. The number of benzene rings is 2. The number of rotatable bonds is 5. The first-order chi connectivity index (χ1) is 11.6. The van der Waals surface area contributed by atoms with Crippen molar-refractivity contribution in [2.75, 3.05) is 22.4 Å². The van der Waals surface area contributed by atoms with Crippen LogP contribution in [0.1, 0.15) is 0 Å². The number of hydrogen-bond acceptors (Lipinski definition) is 3. The first-order valence-electron chi connectivity index (χ1n) is 6.75. The van der Waals surface area contributed by atoms with E-state index >= 15 is 0 Å². The minimum absolute atomic E-state index is 0.166. The van der Waals surface area contributed by atoms with Crippen molar-refractivity contribution < 1.29 is 26.4 Å². The number of carbonyl (C=O) groups is 1. The topological polar surface area (TPSA) is 66.5 Å². The van der Waals surface area contributed by atoms with E-state index in [0.29, 0.717) is 14.8 Å². The van der Waals surface area contributed by atoms with Gasteiger partial charge in [-0.25, -0.2) is 21.6 Å². The summed E-state index contributed by atoms with van der Waals surface area (Å²) in [7, 11) is -4.05. The molecule has 0 aliphatic heterocycles. The van der Waals surface area contributed by atoms with Gasteiger partial charge in [-0.05, 0) is 30.3 Å². The van der Waals surface area contributed by atoms with Crippen molar-refractivity contribution in [2.45, 2.75) is 0 Å². The average molecular weight is 437 g/mol. The van der Waals surface area contributed by atoms with E-state index in [1.54, 1.807) is 0 Å². The second kappa shape index (κ2) is 7.44. The summed E-state index contributed by atoms with van der Waals surface area (Å²) in [6.45, 7) is -0.809. The molecule has 1 amide bonds. The van der Waals surface area contributed by atoms with Crippen molar-refractivity contribution in [1.29, 1.82) is 0 Å². The Balaban J connectivity index is 2.27. The molecular weight excluding hydrogens is 425 g/mol. The molecule has 2 rings (SSSR count). The van der Waals surface area contributed by atoms with Gasteiger partial charge >= 0.3 is 0 Å². The zero-order valence-corrected chi connectivity index (χ0v) is 15.2. The summed E-state index contributed by atoms with van der Waals surface area (Å²) in [6.07, 6.45) is 0.767. The van der Waals surface area contributed by atoms with Gasteiger partial charge in [0.05, 0.1) is 17.6 Å². The summed E-state index contributed by atoms with van der Waals surface area (Å²) < 4.78 is 65.3. The van der Waals surface area contributed by atoms with Crippen LogP contribution in [0.2, 0.25) is 0 Å². The number of halogens is 4. The lowest BCUT2D eigenvalue weighted by atomic mass is 10.3. The Morgan fingerprint density at radius 1 is 1.12 bits per heavy atom. The van der Waals surface area contributed by atoms with Crippen LogP contribution in [0.4, 0.5) is 24.5 Å². The van der Waals surface area contributed by atoms with Gasteiger partial charge in [-0.3, -0.25) is 9.10 Å². The van der Waals surface area contributed by atoms with E-state index in [1.807, 2.05) is 0 Å². The maximum Gasteiger partial charge on any atom is 0.245 e. The maximum absolute atomic E-state index is 13.9. The van der Waals surface area contributed by atoms with Crippen LogP contribution in [0, 0.1) is 17.5 Å². The van der Waals surface area contributed by atoms with Crippen molar-refractivity contribution in [3.63, 3.8) is 0 Å². The predicted octanol–water partition coefficient (Wildman–Crippen LogP) is 3.27. The molecule has 25 heavy (non-hydrogen) atoms. The minimum atomic E-state index is -4.05. The third-order valence-electron chi connectivity index (χ3n) is 3.07. The van der Waals surface area contributed by atoms with Crippen LogP contribution >= 0.6 is 15.9 Å². The lowest BCUT2D eigenvalue weighted by molar-refractivity contribution is -0.114. The van der Waals surface area contributed by atoms with E-state index < -0.39 is 45.6 Å². The number of nitrogens with one attached hydrogen (secondary N) is 1. The fourth-order valence-corrected chi connectivity index (χ4v) is 3.17. The highest BCUT2D eigenvalue weighted by Gasteiger charge is 2.24. The Hall–Kier alpha value is -2.07. The summed E-state index contributed by atoms with van der Waals surface area (Å²) in [5.41, 5.74) is -0.656. The molecule has 0 atom stereocenters. The molecule has 0 unspecified atom stereocenters. The quantitative estimate of drug-likeness (QED) is 0.781. The molecule has 1 N–H and O–H groups in total. The third kappa shape index (κ3) is 4.95. The van der Waals surface area contributed by atoms with E-state index in [0.717, 1.165) is 24.5 Å². The number of amides is 1. The second-order valence-corrected chi connectivity index (χ2v) is 7.86. The van der Waals surface area contributed by atoms with Gasteiger partial charge in [0, 0.05) is 10.5 Å². The first-order valence-corrected chi connectivity index (χ1v) is 9.39. The largest absolute Gasteiger partial charge is 0.322 e. The van der Waals surface area contributed by atoms with Crippen molar-refractivity contribution in [2.24, 2.45) is 0 Å². The van der Waals surface area contributed by atoms with Gasteiger partial charge in [-0.15, -0.1) is 0 Å². The molecule has 2 aromatic rings. The average Bonchev–Trinajstić information content (AvgIpc) is 2.47. The standard InChI is InChI=1S/C15H12BrF3N2O3S/c1-25(23,24)21(14-5-3-10(17)7-12(14)19)8-15(22)20-13-4-2-9(16)6-11(13)18/h2-7H,8H2,1H3,(H,20,22). The summed E-state index contributed by atoms with van der Waals surface area (Å²) in [4.78, 5) is 12.1. The highest BCUT2D eigenvalue weighted by molar-refractivity contribution is 9.10. The molecule has 10 heteroatoms. The van der Waals surface area contributed by atoms with Gasteiger partial charge in [-0.2, -0.15) is 0 Å². The molecule has 5 nitrogen and oxygen atoms in total. The summed E-state index contributed by atoms with van der Waals surface area (Å²) in [5.74, 6) is -3.67. The van der Waals surface area contributed by atoms with Gasteiger partial charge in [0.15, 0.2) is 0 Å². The van der Waals surface area contributed by atoms with Crippen LogP contribution in [0.3, 0.4) is 0 Å². The third-order valence-corrected chi connectivity index (χ3v) is 4.69. The van der Waals surface area contributed by atoms with Gasteiger partial charge in [0.1, 0.15) is 24.0 Å². The molecule has 0 radical (unpaired) electrons. The number of hydrogen-bond donors (Lipinski definition) is 1. The first kappa shape index (κ1) is 19.3. The molecule has 0 aliphatic rings. The van der Waals surface area contributed by atoms with Crippen molar-refractivity contribution in [3.05, 3.63) is 58.3 Å². The molecule has 0 saturated heterocycles. The van der Waals surface area contributed by atoms with Gasteiger partial charge in [0.25, 0.3) is 0 Å². The van der Waals surface area contributed by atoms with Gasteiger partial charge in [0.2, 0.25) is 15.9 Å². The lowest BCUT2D eigenvalue weighted by Crippen LogP contribution is -2.38. The Morgan fingerprint density at radius 2 is 1.80 bits per heavy atom. The van der Waals surface area contributed by atoms with Crippen LogP contribution in [0.15, 0.2) is 40.9 Å². The van der Waals surface area contributed by atoms with Gasteiger partial charge < -0.3 is 5.32 Å². The van der Waals surface area contributed by atoms with Crippen LogP contribution in [-0.2, 0) is 14.8 Å². The van der Waals surface area contributed by atoms with Crippen LogP contribution in [0.5, 0.6) is 0 Å². The monoisotopic (exact) mass is 436 g/mol. The van der Waals surface area contributed by atoms with E-state index in [9.17, 15) is 26.4 Å². The van der Waals surface area contributed by atoms with Crippen LogP contribution in [-0.4, -0.2) is 27.1 Å². The minimum Gasteiger partial charge on any atom is -0.322 e. The molecule has 0 saturated carbocycles. The number of carbonyl (C=O) groups excluding carboxylic acids is 1. The summed E-state index contributed by atoms with van der Waals surface area (Å²) >= 11 is 3.06. The summed E-state index contributed by atoms with van der Waals surface area (Å²) in [6, 6.07) is 6.14. The fraction of sp³-hybridized carbons (Fsp3) is 0.133. The van der Waals surface area contributed by atoms with E-state index in [2.05, 4.69) is 21.2 Å². The highest BCUT2D eigenvalue weighted by atomic mass is 79.9. The smallest absolute Gasteiger partial charge is 0.245 e. The van der Waals surface area contributed by atoms with E-state index in [1.165, 1.54) is 12.1 Å². The van der Waals surface area contributed by atoms with Gasteiger partial charge in [-0.1, -0.05) is 15.9 Å². The van der Waals surface area contributed by atoms with Crippen LogP contribution < -0.4 is 9.62 Å². The zero-order chi connectivity index (χ0) is 18.8. The zero-order valence-electron chi connectivity index (χ0n) is 12.8. The van der Waals surface area contributed by atoms with Crippen molar-refractivity contribution >= 4 is 43.2 Å². The van der Waals surface area contributed by atoms with Crippen molar-refractivity contribution in [1.82, 2.24) is 0 Å². The Morgan fingerprint density at radius 3 is 2.36 bits per heavy atom. The van der Waals surface area contributed by atoms with E-state index in [-0.39, 0.29) is 5.69 Å². The fourth-order valence-electron chi connectivity index (χ4n) is 1.98. The normalized spacial score (nSPS) is 11.2. The molecule has 0 heterocycles. The highest BCUT2D eigenvalue weighted by Crippen LogP contribution is 2.23. The molecule has 134 valence electrons. The Kier molecular flexibility index (Phi) is 5.73. The maximum atomic E-state index is 13.9. The predicted molar refractivity (Wildman–Crippen MR) is 91.3 cm³/mol. The number of nitrogens with zero attached hydrogens (tertiary/aromatic N) is 1. The summed E-state index contributed by atoms with van der Waals surface area (Å²) in [5, 5.41) is 2.20. The van der Waals surface area contributed by atoms with Crippen molar-refractivity contribution in [3.8, 4) is 0 Å². The molecule has 0 bridgehead atoms. The number of anilines is 2. The lowest BCUT2D eigenvalue weighted by Gasteiger charge is -2.22. The Labute approximate surface area is 150 Å². The molecular formula is C15H12BrF3N2O3S. The molecule has 0 fully saturated rings. The second-order valence-electron chi connectivity index (χ2n) is 5.04. The molecule has 0 aromatic heterocycles. The van der Waals surface area contributed by atoms with Crippen LogP contribution in [0.25, 0.3) is 0 Å². The molecule has 0 aliphatic carbocycles. The molecule has 2 aromatic carbocycles. The Bertz CT molecular complexity index is 922. The molecule has 0 spiro atoms.